The monoisotopic (exact) mass is 1020 g/mol. The maximum atomic E-state index is 17.0. The Morgan fingerprint density at radius 3 is 2.44 bits per heavy atom. The van der Waals surface area contributed by atoms with Crippen LogP contribution in [0.25, 0.3) is 10.6 Å². The van der Waals surface area contributed by atoms with E-state index in [4.69, 9.17) is 34.3 Å². The van der Waals surface area contributed by atoms with Gasteiger partial charge in [0.1, 0.15) is 40.5 Å². The quantitative estimate of drug-likeness (QED) is 0.0924. The first-order valence-electron chi connectivity index (χ1n) is 24.5. The molecule has 396 valence electrons. The number of pyridine rings is 1. The molecule has 2 bridgehead atoms. The third-order valence-corrected chi connectivity index (χ3v) is 14.5. The number of aromatic nitrogens is 2. The van der Waals surface area contributed by atoms with Crippen LogP contribution in [0.3, 0.4) is 0 Å². The lowest BCUT2D eigenvalue weighted by molar-refractivity contribution is -0.296. The molecule has 2 aromatic heterocycles. The van der Waals surface area contributed by atoms with Crippen molar-refractivity contribution in [3.05, 3.63) is 40.7 Å². The van der Waals surface area contributed by atoms with Crippen molar-refractivity contribution in [3.8, 4) is 10.6 Å². The van der Waals surface area contributed by atoms with Gasteiger partial charge in [-0.25, -0.2) is 14.2 Å². The maximum Gasteiger partial charge on any atom is 0.351 e. The number of amides is 2. The van der Waals surface area contributed by atoms with Gasteiger partial charge in [-0.05, 0) is 104 Å². The zero-order chi connectivity index (χ0) is 52.7. The standard InChI is InChI=1S/C50H76FN7O12S/c1-14-36-50(11,64)43-29(7)39(56-38(59)15-2)27(5)20-48(9,42(30(8)41(61)49(10,51)47(63)69-36)70-46-40(60)35(58(12)13)19-28(6)68-46)66-23-33(22-65-43)57-67-24-32-17-16-31(21-53-32)45-55-37(25-71-45)54-44(62)34(52)18-26(3)4/h16-17,21,25-28,30,34-36,40,42-43,46,60,64H,14-15,18-20,22-24,52H2,1-13H3,(H,54,62)(H,56,59)/b39-29+,57-33?/t27-,28-,30+,34+,35+,36-,40-,42-,43-,46+,48-,49+,50-/m1/s1. The van der Waals surface area contributed by atoms with Gasteiger partial charge in [0, 0.05) is 41.2 Å². The number of carbonyl (C=O) groups is 4. The molecule has 3 aliphatic rings. The second-order valence-electron chi connectivity index (χ2n) is 20.4. The minimum atomic E-state index is -3.25. The summed E-state index contributed by atoms with van der Waals surface area (Å²) in [4.78, 5) is 71.2. The molecule has 1 fully saturated rings. The van der Waals surface area contributed by atoms with Crippen LogP contribution < -0.4 is 16.4 Å². The van der Waals surface area contributed by atoms with Gasteiger partial charge in [-0.1, -0.05) is 46.7 Å². The summed E-state index contributed by atoms with van der Waals surface area (Å²) >= 11 is 1.33. The van der Waals surface area contributed by atoms with E-state index in [0.29, 0.717) is 46.2 Å². The number of oxime groups is 1. The maximum absolute atomic E-state index is 17.0. The van der Waals surface area contributed by atoms with E-state index in [-0.39, 0.29) is 62.5 Å². The predicted molar refractivity (Wildman–Crippen MR) is 264 cm³/mol. The van der Waals surface area contributed by atoms with Gasteiger partial charge in [-0.2, -0.15) is 0 Å². The van der Waals surface area contributed by atoms with Crippen molar-refractivity contribution in [2.75, 3.05) is 32.6 Å². The fourth-order valence-corrected chi connectivity index (χ4v) is 10.4. The van der Waals surface area contributed by atoms with Crippen LogP contribution in [0.2, 0.25) is 0 Å². The second-order valence-corrected chi connectivity index (χ2v) is 21.3. The van der Waals surface area contributed by atoms with Gasteiger partial charge in [0.15, 0.2) is 18.7 Å². The third kappa shape index (κ3) is 13.8. The SMILES string of the molecule is CCC(=O)N/C1=C(\C)[C@H]2OCC(=NOCc3ccc(-c4nc(NC(=O)[C@@H](N)CC(C)C)cs4)cn3)CO[C@](C)(C[C@H]1C)[C@H](O[C@@H]1O[C@H](C)C[C@H](N(C)C)[C@H]1O)[C@@H](C)C(=O)[C@](C)(F)C(=O)O[C@H](CC)[C@@]2(C)O. The Morgan fingerprint density at radius 1 is 1.11 bits per heavy atom. The number of aliphatic hydroxyl groups is 2. The van der Waals surface area contributed by atoms with Crippen molar-refractivity contribution in [1.82, 2.24) is 20.2 Å². The molecule has 19 nitrogen and oxygen atoms in total. The summed E-state index contributed by atoms with van der Waals surface area (Å²) in [5, 5.41) is 36.8. The van der Waals surface area contributed by atoms with Crippen molar-refractivity contribution >= 4 is 46.4 Å². The van der Waals surface area contributed by atoms with Crippen LogP contribution in [0.5, 0.6) is 0 Å². The molecule has 3 aliphatic heterocycles. The molecule has 2 aromatic rings. The van der Waals surface area contributed by atoms with E-state index < -0.39 is 89.4 Å². The smallest absolute Gasteiger partial charge is 0.351 e. The highest BCUT2D eigenvalue weighted by molar-refractivity contribution is 7.13. The number of halogens is 1. The van der Waals surface area contributed by atoms with Gasteiger partial charge < -0.3 is 60.0 Å². The first-order chi connectivity index (χ1) is 33.2. The number of carbonyl (C=O) groups excluding carboxylic acids is 4. The Morgan fingerprint density at radius 2 is 1.82 bits per heavy atom. The Kier molecular flexibility index (Phi) is 19.6. The van der Waals surface area contributed by atoms with Crippen LogP contribution >= 0.6 is 11.3 Å². The molecular weight excluding hydrogens is 942 g/mol. The highest BCUT2D eigenvalue weighted by atomic mass is 32.1. The van der Waals surface area contributed by atoms with Crippen molar-refractivity contribution in [1.29, 1.82) is 0 Å². The molecule has 71 heavy (non-hydrogen) atoms. The van der Waals surface area contributed by atoms with Gasteiger partial charge in [0.05, 0.1) is 42.8 Å². The van der Waals surface area contributed by atoms with E-state index >= 15 is 4.39 Å². The number of hydrogen-bond donors (Lipinski definition) is 5. The van der Waals surface area contributed by atoms with Crippen molar-refractivity contribution in [2.24, 2.45) is 28.6 Å². The number of ketones is 1. The van der Waals surface area contributed by atoms with Gasteiger partial charge >= 0.3 is 5.97 Å². The van der Waals surface area contributed by atoms with Crippen LogP contribution in [-0.4, -0.2) is 147 Å². The third-order valence-electron chi connectivity index (χ3n) is 13.6. The predicted octanol–water partition coefficient (Wildman–Crippen LogP) is 5.22. The highest BCUT2D eigenvalue weighted by Gasteiger charge is 2.56. The van der Waals surface area contributed by atoms with E-state index in [1.165, 1.54) is 25.2 Å². The molecular formula is C50H76FN7O12S. The number of esters is 1. The molecule has 0 radical (unpaired) electrons. The summed E-state index contributed by atoms with van der Waals surface area (Å²) < 4.78 is 49.1. The molecule has 5 heterocycles. The number of thiazole rings is 1. The minimum Gasteiger partial charge on any atom is -0.457 e. The average molecular weight is 1020 g/mol. The van der Waals surface area contributed by atoms with E-state index in [1.807, 2.05) is 46.7 Å². The number of anilines is 1. The lowest BCUT2D eigenvalue weighted by Crippen LogP contribution is -2.61. The number of alkyl halides is 1. The molecule has 21 heteroatoms. The first kappa shape index (κ1) is 57.6. The average Bonchev–Trinajstić information content (AvgIpc) is 3.77. The van der Waals surface area contributed by atoms with E-state index in [1.54, 1.807) is 51.4 Å². The molecule has 0 unspecified atom stereocenters. The van der Waals surface area contributed by atoms with E-state index in [9.17, 15) is 29.4 Å². The number of fused-ring (bicyclic) bond motifs is 4. The largest absolute Gasteiger partial charge is 0.457 e. The number of cyclic esters (lactones) is 1. The summed E-state index contributed by atoms with van der Waals surface area (Å²) in [5.41, 5.74) is 1.19. The van der Waals surface area contributed by atoms with Crippen LogP contribution in [0, 0.1) is 17.8 Å². The van der Waals surface area contributed by atoms with Crippen LogP contribution in [0.15, 0.2) is 40.1 Å². The van der Waals surface area contributed by atoms with Gasteiger partial charge in [-0.15, -0.1) is 11.3 Å². The molecule has 6 N–H and O–H groups in total. The molecule has 0 aliphatic carbocycles. The molecule has 0 aromatic carbocycles. The number of Topliss-reactive ketones (excluding diaryl/α,β-unsaturated/α-hetero) is 1. The fourth-order valence-electron chi connectivity index (χ4n) is 9.62. The molecule has 0 spiro atoms. The van der Waals surface area contributed by atoms with E-state index in [2.05, 4.69) is 25.8 Å². The number of nitrogens with one attached hydrogen (secondary N) is 2. The zero-order valence-corrected chi connectivity index (χ0v) is 44.3. The second kappa shape index (κ2) is 24.1. The number of ether oxygens (including phenoxy) is 5. The van der Waals surface area contributed by atoms with Gasteiger partial charge in [-0.3, -0.25) is 19.4 Å². The van der Waals surface area contributed by atoms with Crippen LogP contribution in [0.1, 0.15) is 114 Å². The summed E-state index contributed by atoms with van der Waals surface area (Å²) in [6, 6.07) is 2.46. The number of rotatable bonds is 14. The molecule has 13 atom stereocenters. The number of allylic oxidation sites excluding steroid dienone is 1. The normalized spacial score (nSPS) is 34.5. The topological polar surface area (TPSA) is 256 Å². The highest BCUT2D eigenvalue weighted by Crippen LogP contribution is 2.41. The number of nitrogens with two attached hydrogens (primary N) is 1. The van der Waals surface area contributed by atoms with Crippen LogP contribution in [-0.2, 0) is 54.3 Å². The lowest BCUT2D eigenvalue weighted by atomic mass is 9.76. The Bertz CT molecular complexity index is 2240. The zero-order valence-electron chi connectivity index (χ0n) is 43.4. The molecule has 2 amide bonds. The summed E-state index contributed by atoms with van der Waals surface area (Å²) in [6.45, 7) is 17.1. The Hall–Kier alpha value is -4.32. The summed E-state index contributed by atoms with van der Waals surface area (Å²) in [5.74, 6) is -4.84. The van der Waals surface area contributed by atoms with Crippen LogP contribution in [0.4, 0.5) is 10.2 Å². The lowest BCUT2D eigenvalue weighted by Gasteiger charge is -2.47. The number of aliphatic hydroxyl groups excluding tert-OH is 1. The Labute approximate surface area is 420 Å². The van der Waals surface area contributed by atoms with Gasteiger partial charge in [0.2, 0.25) is 11.8 Å². The Balaban J connectivity index is 1.57. The van der Waals surface area contributed by atoms with E-state index in [0.717, 1.165) is 6.92 Å². The van der Waals surface area contributed by atoms with Crippen molar-refractivity contribution < 1.29 is 62.3 Å². The fraction of sp³-hybridized carbons (Fsp3) is 0.700. The van der Waals surface area contributed by atoms with Gasteiger partial charge in [0.25, 0.3) is 5.67 Å². The minimum absolute atomic E-state index is 0.00993. The number of likely N-dealkylation sites (N-methyl/N-ethyl adjacent to an activating group) is 1. The summed E-state index contributed by atoms with van der Waals surface area (Å²) in [7, 11) is 3.62. The molecule has 1 saturated heterocycles. The first-order valence-corrected chi connectivity index (χ1v) is 25.3. The summed E-state index contributed by atoms with van der Waals surface area (Å²) in [6.07, 6.45) is -4.50. The number of hydrogen-bond acceptors (Lipinski definition) is 18. The number of nitrogens with zero attached hydrogens (tertiary/aromatic N) is 4. The molecule has 5 rings (SSSR count). The van der Waals surface area contributed by atoms with Crippen molar-refractivity contribution in [3.63, 3.8) is 0 Å². The van der Waals surface area contributed by atoms with Crippen molar-refractivity contribution in [2.45, 2.75) is 181 Å². The molecule has 0 saturated carbocycles.